The first-order valence-electron chi connectivity index (χ1n) is 6.45. The maximum absolute atomic E-state index is 9.00. The largest absolute Gasteiger partial charge is 0.497 e. The second-order valence-corrected chi connectivity index (χ2v) is 4.44. The molecule has 0 fully saturated rings. The number of hydrogen-bond acceptors (Lipinski definition) is 4. The lowest BCUT2D eigenvalue weighted by Gasteiger charge is -2.12. The highest BCUT2D eigenvalue weighted by molar-refractivity contribution is 5.40. The topological polar surface area (TPSA) is 64.7 Å². The summed E-state index contributed by atoms with van der Waals surface area (Å²) in [6.07, 6.45) is 0. The number of ether oxygens (including phenoxy) is 2. The zero-order valence-electron chi connectivity index (χ0n) is 11.5. The number of aliphatic hydroxyl groups excluding tert-OH is 1. The smallest absolute Gasteiger partial charge is 0.127 e. The highest BCUT2D eigenvalue weighted by Gasteiger charge is 2.05. The van der Waals surface area contributed by atoms with Crippen molar-refractivity contribution in [2.45, 2.75) is 19.8 Å². The quantitative estimate of drug-likeness (QED) is 0.847. The van der Waals surface area contributed by atoms with E-state index in [0.29, 0.717) is 13.2 Å². The van der Waals surface area contributed by atoms with E-state index >= 15 is 0 Å². The van der Waals surface area contributed by atoms with Gasteiger partial charge in [0, 0.05) is 18.2 Å². The van der Waals surface area contributed by atoms with Crippen molar-refractivity contribution in [2.24, 2.45) is 5.73 Å². The molecule has 4 heteroatoms. The van der Waals surface area contributed by atoms with Crippen molar-refractivity contribution >= 4 is 0 Å². The fourth-order valence-electron chi connectivity index (χ4n) is 1.87. The minimum absolute atomic E-state index is 0.0499. The monoisotopic (exact) mass is 273 g/mol. The first-order chi connectivity index (χ1) is 9.76. The van der Waals surface area contributed by atoms with E-state index < -0.39 is 0 Å². The number of benzene rings is 2. The summed E-state index contributed by atoms with van der Waals surface area (Å²) in [6.45, 7) is 0.920. The third kappa shape index (κ3) is 3.50. The van der Waals surface area contributed by atoms with Gasteiger partial charge in [-0.15, -0.1) is 0 Å². The Kier molecular flexibility index (Phi) is 4.98. The van der Waals surface area contributed by atoms with Crippen LogP contribution in [-0.2, 0) is 19.8 Å². The second kappa shape index (κ2) is 6.93. The van der Waals surface area contributed by atoms with Crippen molar-refractivity contribution in [2.75, 3.05) is 7.11 Å². The van der Waals surface area contributed by atoms with Gasteiger partial charge in [0.2, 0.25) is 0 Å². The first-order valence-corrected chi connectivity index (χ1v) is 6.45. The predicted molar refractivity (Wildman–Crippen MR) is 77.6 cm³/mol. The van der Waals surface area contributed by atoms with Crippen LogP contribution >= 0.6 is 0 Å². The number of aliphatic hydroxyl groups is 1. The molecule has 0 saturated heterocycles. The van der Waals surface area contributed by atoms with Gasteiger partial charge in [0.15, 0.2) is 0 Å². The average molecular weight is 273 g/mol. The van der Waals surface area contributed by atoms with Gasteiger partial charge in [0.05, 0.1) is 13.7 Å². The van der Waals surface area contributed by atoms with Crippen molar-refractivity contribution in [3.8, 4) is 11.5 Å². The van der Waals surface area contributed by atoms with Crippen molar-refractivity contribution < 1.29 is 14.6 Å². The van der Waals surface area contributed by atoms with Crippen molar-refractivity contribution in [1.82, 2.24) is 0 Å². The molecule has 20 heavy (non-hydrogen) atoms. The molecule has 2 aromatic rings. The lowest BCUT2D eigenvalue weighted by Crippen LogP contribution is -2.03. The molecule has 2 rings (SSSR count). The maximum atomic E-state index is 9.00. The summed E-state index contributed by atoms with van der Waals surface area (Å²) in [5, 5.41) is 9.00. The molecule has 0 aromatic heterocycles. The number of rotatable bonds is 6. The summed E-state index contributed by atoms with van der Waals surface area (Å²) in [6, 6.07) is 13.3. The van der Waals surface area contributed by atoms with Crippen molar-refractivity contribution in [3.63, 3.8) is 0 Å². The first kappa shape index (κ1) is 14.4. The summed E-state index contributed by atoms with van der Waals surface area (Å²) in [5.74, 6) is 1.48. The van der Waals surface area contributed by atoms with Gasteiger partial charge in [0.25, 0.3) is 0 Å². The Morgan fingerprint density at radius 2 is 1.75 bits per heavy atom. The third-order valence-corrected chi connectivity index (χ3v) is 3.09. The molecule has 0 heterocycles. The van der Waals surface area contributed by atoms with E-state index in [1.165, 1.54) is 0 Å². The van der Waals surface area contributed by atoms with Crippen LogP contribution in [0.1, 0.15) is 16.7 Å². The third-order valence-electron chi connectivity index (χ3n) is 3.09. The van der Waals surface area contributed by atoms with E-state index in [9.17, 15) is 0 Å². The standard InChI is InChI=1S/C16H19NO3/c1-19-15-7-6-14(9-17)16(8-15)20-11-13-4-2-12(10-18)3-5-13/h2-8,18H,9-11,17H2,1H3. The average Bonchev–Trinajstić information content (AvgIpc) is 2.53. The maximum Gasteiger partial charge on any atom is 0.127 e. The van der Waals surface area contributed by atoms with E-state index in [4.69, 9.17) is 20.3 Å². The molecule has 0 aliphatic rings. The number of methoxy groups -OCH3 is 1. The van der Waals surface area contributed by atoms with Gasteiger partial charge in [-0.2, -0.15) is 0 Å². The minimum Gasteiger partial charge on any atom is -0.497 e. The Morgan fingerprint density at radius 3 is 2.35 bits per heavy atom. The zero-order valence-corrected chi connectivity index (χ0v) is 11.5. The summed E-state index contributed by atoms with van der Waals surface area (Å²) in [7, 11) is 1.62. The van der Waals surface area contributed by atoms with E-state index in [1.807, 2.05) is 42.5 Å². The molecular formula is C16H19NO3. The van der Waals surface area contributed by atoms with Crippen LogP contribution in [0.4, 0.5) is 0 Å². The predicted octanol–water partition coefficient (Wildman–Crippen LogP) is 2.23. The van der Waals surface area contributed by atoms with Crippen LogP contribution in [0.25, 0.3) is 0 Å². The molecule has 0 saturated carbocycles. The van der Waals surface area contributed by atoms with Gasteiger partial charge in [0.1, 0.15) is 18.1 Å². The van der Waals surface area contributed by atoms with E-state index in [1.54, 1.807) is 7.11 Å². The Morgan fingerprint density at radius 1 is 1.05 bits per heavy atom. The molecule has 106 valence electrons. The number of hydrogen-bond donors (Lipinski definition) is 2. The van der Waals surface area contributed by atoms with Crippen LogP contribution in [0.15, 0.2) is 42.5 Å². The molecular weight excluding hydrogens is 254 g/mol. The van der Waals surface area contributed by atoms with E-state index in [0.717, 1.165) is 28.2 Å². The minimum atomic E-state index is 0.0499. The Labute approximate surface area is 118 Å². The summed E-state index contributed by atoms with van der Waals surface area (Å²) in [5.41, 5.74) is 8.56. The molecule has 0 aliphatic heterocycles. The molecule has 2 aromatic carbocycles. The molecule has 3 N–H and O–H groups in total. The molecule has 0 atom stereocenters. The fraction of sp³-hybridized carbons (Fsp3) is 0.250. The second-order valence-electron chi connectivity index (χ2n) is 4.44. The zero-order chi connectivity index (χ0) is 14.4. The fourth-order valence-corrected chi connectivity index (χ4v) is 1.87. The van der Waals surface area contributed by atoms with Gasteiger partial charge in [-0.3, -0.25) is 0 Å². The van der Waals surface area contributed by atoms with Gasteiger partial charge in [-0.1, -0.05) is 30.3 Å². The molecule has 0 aliphatic carbocycles. The van der Waals surface area contributed by atoms with Crippen LogP contribution in [-0.4, -0.2) is 12.2 Å². The molecule has 0 unspecified atom stereocenters. The highest BCUT2D eigenvalue weighted by Crippen LogP contribution is 2.25. The van der Waals surface area contributed by atoms with Crippen LogP contribution in [0.3, 0.4) is 0 Å². The molecule has 0 spiro atoms. The SMILES string of the molecule is COc1ccc(CN)c(OCc2ccc(CO)cc2)c1. The van der Waals surface area contributed by atoms with Crippen LogP contribution in [0.5, 0.6) is 11.5 Å². The lowest BCUT2D eigenvalue weighted by molar-refractivity contribution is 0.281. The van der Waals surface area contributed by atoms with Gasteiger partial charge in [-0.25, -0.2) is 0 Å². The summed E-state index contributed by atoms with van der Waals surface area (Å²) >= 11 is 0. The molecule has 0 bridgehead atoms. The van der Waals surface area contributed by atoms with E-state index in [2.05, 4.69) is 0 Å². The van der Waals surface area contributed by atoms with Crippen molar-refractivity contribution in [1.29, 1.82) is 0 Å². The molecule has 4 nitrogen and oxygen atoms in total. The lowest BCUT2D eigenvalue weighted by atomic mass is 10.1. The van der Waals surface area contributed by atoms with Crippen LogP contribution in [0, 0.1) is 0 Å². The van der Waals surface area contributed by atoms with Crippen molar-refractivity contribution in [3.05, 3.63) is 59.2 Å². The van der Waals surface area contributed by atoms with Crippen LogP contribution in [0.2, 0.25) is 0 Å². The van der Waals surface area contributed by atoms with E-state index in [-0.39, 0.29) is 6.61 Å². The van der Waals surface area contributed by atoms with Gasteiger partial charge >= 0.3 is 0 Å². The highest BCUT2D eigenvalue weighted by atomic mass is 16.5. The normalized spacial score (nSPS) is 10.3. The Bertz CT molecular complexity index is 552. The summed E-state index contributed by atoms with van der Waals surface area (Å²) < 4.78 is 11.0. The molecule has 0 amide bonds. The molecule has 0 radical (unpaired) electrons. The van der Waals surface area contributed by atoms with Gasteiger partial charge in [-0.05, 0) is 17.2 Å². The summed E-state index contributed by atoms with van der Waals surface area (Å²) in [4.78, 5) is 0. The Balaban J connectivity index is 2.08. The Hall–Kier alpha value is -2.04. The number of nitrogens with two attached hydrogens (primary N) is 1. The van der Waals surface area contributed by atoms with Crippen LogP contribution < -0.4 is 15.2 Å². The van der Waals surface area contributed by atoms with Gasteiger partial charge < -0.3 is 20.3 Å².